The van der Waals surface area contributed by atoms with Crippen LogP contribution in [-0.4, -0.2) is 51.9 Å². The van der Waals surface area contributed by atoms with Crippen LogP contribution in [0.5, 0.6) is 5.75 Å². The molecular weight excluding hydrogens is 441 g/mol. The van der Waals surface area contributed by atoms with E-state index >= 15 is 0 Å². The normalized spacial score (nSPS) is 19.8. The summed E-state index contributed by atoms with van der Waals surface area (Å²) in [6.07, 6.45) is 2.00. The number of benzene rings is 1. The van der Waals surface area contributed by atoms with Crippen molar-refractivity contribution in [1.82, 2.24) is 14.9 Å². The van der Waals surface area contributed by atoms with Crippen LogP contribution >= 0.6 is 0 Å². The second-order valence-corrected chi connectivity index (χ2v) is 8.39. The SMILES string of the molecule is Cc1cc(F)c(CNC(=O)c2cn3c(c(O)c2=O)C(=O)N2CN3[C@H](CF)CC[C@@H]2C)c(F)c1. The Kier molecular flexibility index (Phi) is 5.81. The van der Waals surface area contributed by atoms with Gasteiger partial charge in [-0.25, -0.2) is 13.2 Å². The van der Waals surface area contributed by atoms with E-state index in [1.54, 1.807) is 6.92 Å². The maximum atomic E-state index is 14.1. The number of nitrogens with zero attached hydrogens (tertiary/aromatic N) is 3. The van der Waals surface area contributed by atoms with Crippen molar-refractivity contribution in [2.24, 2.45) is 0 Å². The van der Waals surface area contributed by atoms with E-state index in [0.29, 0.717) is 18.4 Å². The van der Waals surface area contributed by atoms with E-state index in [4.69, 9.17) is 0 Å². The number of alkyl halides is 1. The molecular formula is C22H23F3N4O4. The van der Waals surface area contributed by atoms with Gasteiger partial charge in [-0.15, -0.1) is 0 Å². The Morgan fingerprint density at radius 3 is 2.52 bits per heavy atom. The Labute approximate surface area is 187 Å². The van der Waals surface area contributed by atoms with Crippen LogP contribution in [0.4, 0.5) is 13.2 Å². The summed E-state index contributed by atoms with van der Waals surface area (Å²) in [5.74, 6) is -4.26. The van der Waals surface area contributed by atoms with Crippen molar-refractivity contribution in [3.63, 3.8) is 0 Å². The molecule has 0 aliphatic carbocycles. The molecule has 1 aromatic carbocycles. The maximum absolute atomic E-state index is 14.1. The molecule has 0 unspecified atom stereocenters. The summed E-state index contributed by atoms with van der Waals surface area (Å²) in [5, 5.41) is 14.3. The quantitative estimate of drug-likeness (QED) is 0.721. The van der Waals surface area contributed by atoms with Crippen LogP contribution in [0.1, 0.15) is 51.7 Å². The highest BCUT2D eigenvalue weighted by atomic mass is 19.1. The lowest BCUT2D eigenvalue weighted by Crippen LogP contribution is -2.58. The van der Waals surface area contributed by atoms with Crippen molar-refractivity contribution in [3.05, 3.63) is 62.6 Å². The number of hydrogen-bond acceptors (Lipinski definition) is 5. The van der Waals surface area contributed by atoms with E-state index < -0.39 is 59.5 Å². The second-order valence-electron chi connectivity index (χ2n) is 8.39. The number of aromatic hydroxyl groups is 1. The monoisotopic (exact) mass is 464 g/mol. The second kappa shape index (κ2) is 8.45. The minimum Gasteiger partial charge on any atom is -0.502 e. The minimum atomic E-state index is -1.11. The smallest absolute Gasteiger partial charge is 0.278 e. The Bertz CT molecular complexity index is 1180. The van der Waals surface area contributed by atoms with Crippen LogP contribution in [0.15, 0.2) is 23.1 Å². The highest BCUT2D eigenvalue weighted by Gasteiger charge is 2.40. The lowest BCUT2D eigenvalue weighted by molar-refractivity contribution is 0.0624. The third kappa shape index (κ3) is 3.81. The molecule has 0 radical (unpaired) electrons. The van der Waals surface area contributed by atoms with Crippen LogP contribution in [-0.2, 0) is 6.54 Å². The number of rotatable bonds is 4. The fraction of sp³-hybridized carbons (Fsp3) is 0.409. The first-order valence-electron chi connectivity index (χ1n) is 10.5. The zero-order chi connectivity index (χ0) is 24.0. The van der Waals surface area contributed by atoms with E-state index in [1.807, 2.05) is 0 Å². The molecule has 2 aliphatic rings. The maximum Gasteiger partial charge on any atom is 0.278 e. The molecule has 33 heavy (non-hydrogen) atoms. The number of carbonyl (C=O) groups is 2. The van der Waals surface area contributed by atoms with Crippen molar-refractivity contribution in [3.8, 4) is 5.75 Å². The summed E-state index contributed by atoms with van der Waals surface area (Å²) in [7, 11) is 0. The van der Waals surface area contributed by atoms with Crippen LogP contribution in [0.2, 0.25) is 0 Å². The molecule has 2 bridgehead atoms. The standard InChI is InChI=1S/C22H23F3N4O4/c1-11-5-16(24)14(17(25)6-11)8-26-21(32)15-9-28-18(20(31)19(15)30)22(33)27-10-29(28)13(7-23)4-3-12(27)2/h5-6,9,12-13,31H,3-4,7-8,10H2,1-2H3,(H,26,32)/t12-,13-/m0/s1. The van der Waals surface area contributed by atoms with Gasteiger partial charge in [-0.2, -0.15) is 0 Å². The fourth-order valence-electron chi connectivity index (χ4n) is 4.27. The third-order valence-electron chi connectivity index (χ3n) is 6.21. The van der Waals surface area contributed by atoms with Crippen molar-refractivity contribution >= 4 is 11.8 Å². The lowest BCUT2D eigenvalue weighted by atomic mass is 10.1. The van der Waals surface area contributed by atoms with Gasteiger partial charge in [0, 0.05) is 24.3 Å². The minimum absolute atomic E-state index is 0.0186. The number of halogens is 3. The summed E-state index contributed by atoms with van der Waals surface area (Å²) < 4.78 is 43.1. The number of aryl methyl sites for hydroxylation is 1. The zero-order valence-electron chi connectivity index (χ0n) is 18.1. The van der Waals surface area contributed by atoms with Gasteiger partial charge in [0.2, 0.25) is 5.43 Å². The Morgan fingerprint density at radius 1 is 1.21 bits per heavy atom. The van der Waals surface area contributed by atoms with E-state index in [1.165, 1.54) is 16.8 Å². The number of nitrogens with one attached hydrogen (secondary N) is 1. The van der Waals surface area contributed by atoms with E-state index in [-0.39, 0.29) is 24.0 Å². The summed E-state index contributed by atoms with van der Waals surface area (Å²) >= 11 is 0. The summed E-state index contributed by atoms with van der Waals surface area (Å²) in [4.78, 5) is 39.8. The van der Waals surface area contributed by atoms with Gasteiger partial charge >= 0.3 is 0 Å². The Morgan fingerprint density at radius 2 is 1.88 bits per heavy atom. The van der Waals surface area contributed by atoms with Crippen molar-refractivity contribution in [2.75, 3.05) is 18.4 Å². The molecule has 1 aromatic heterocycles. The molecule has 2 N–H and O–H groups in total. The van der Waals surface area contributed by atoms with Crippen LogP contribution in [0.3, 0.4) is 0 Å². The van der Waals surface area contributed by atoms with Crippen molar-refractivity contribution in [1.29, 1.82) is 0 Å². The molecule has 11 heteroatoms. The predicted octanol–water partition coefficient (Wildman–Crippen LogP) is 1.94. The molecule has 1 fully saturated rings. The van der Waals surface area contributed by atoms with Crippen LogP contribution in [0.25, 0.3) is 0 Å². The molecule has 0 spiro atoms. The average Bonchev–Trinajstić information content (AvgIpc) is 2.90. The van der Waals surface area contributed by atoms with Gasteiger partial charge in [0.25, 0.3) is 11.8 Å². The van der Waals surface area contributed by atoms with Gasteiger partial charge in [0.05, 0.1) is 6.04 Å². The zero-order valence-corrected chi connectivity index (χ0v) is 18.1. The third-order valence-corrected chi connectivity index (χ3v) is 6.21. The van der Waals surface area contributed by atoms with Crippen molar-refractivity contribution in [2.45, 2.75) is 45.3 Å². The molecule has 2 aromatic rings. The Hall–Kier alpha value is -3.50. The van der Waals surface area contributed by atoms with Gasteiger partial charge < -0.3 is 15.3 Å². The average molecular weight is 464 g/mol. The van der Waals surface area contributed by atoms with Gasteiger partial charge in [-0.05, 0) is 44.4 Å². The number of aromatic nitrogens is 1. The first-order chi connectivity index (χ1) is 15.6. The number of hydrogen-bond donors (Lipinski definition) is 2. The van der Waals surface area contributed by atoms with E-state index in [0.717, 1.165) is 23.0 Å². The molecule has 8 nitrogen and oxygen atoms in total. The molecule has 2 aliphatic heterocycles. The fourth-order valence-corrected chi connectivity index (χ4v) is 4.27. The lowest BCUT2D eigenvalue weighted by Gasteiger charge is -2.42. The highest BCUT2D eigenvalue weighted by molar-refractivity contribution is 5.99. The number of carbonyl (C=O) groups excluding carboxylic acids is 2. The van der Waals surface area contributed by atoms with Gasteiger partial charge in [-0.3, -0.25) is 24.1 Å². The first-order valence-corrected chi connectivity index (χ1v) is 10.5. The van der Waals surface area contributed by atoms with E-state index in [2.05, 4.69) is 5.32 Å². The first kappa shape index (κ1) is 22.7. The van der Waals surface area contributed by atoms with Crippen LogP contribution < -0.4 is 15.8 Å². The summed E-state index contributed by atoms with van der Waals surface area (Å²) in [5.41, 5.74) is -2.03. The van der Waals surface area contributed by atoms with E-state index in [9.17, 15) is 32.7 Å². The van der Waals surface area contributed by atoms with Gasteiger partial charge in [0.15, 0.2) is 11.4 Å². The number of amides is 2. The molecule has 2 amide bonds. The topological polar surface area (TPSA) is 94.9 Å². The molecule has 1 saturated heterocycles. The largest absolute Gasteiger partial charge is 0.502 e. The van der Waals surface area contributed by atoms with Crippen LogP contribution in [0, 0.1) is 18.6 Å². The van der Waals surface area contributed by atoms with Gasteiger partial charge in [-0.1, -0.05) is 0 Å². The molecule has 4 rings (SSSR count). The molecule has 176 valence electrons. The summed E-state index contributed by atoms with van der Waals surface area (Å²) in [6, 6.07) is 1.35. The molecule has 0 saturated carbocycles. The predicted molar refractivity (Wildman–Crippen MR) is 112 cm³/mol. The number of fused-ring (bicyclic) bond motifs is 4. The summed E-state index contributed by atoms with van der Waals surface area (Å²) in [6.45, 7) is 2.05. The highest BCUT2D eigenvalue weighted by Crippen LogP contribution is 2.29. The Balaban J connectivity index is 1.71. The number of pyridine rings is 1. The van der Waals surface area contributed by atoms with Crippen molar-refractivity contribution < 1.29 is 27.9 Å². The van der Waals surface area contributed by atoms with Gasteiger partial charge in [0.1, 0.15) is 30.5 Å². The molecule has 3 heterocycles. The molecule has 2 atom stereocenters.